The highest BCUT2D eigenvalue weighted by molar-refractivity contribution is 5.91. The van der Waals surface area contributed by atoms with Gasteiger partial charge in [0.1, 0.15) is 12.7 Å². The van der Waals surface area contributed by atoms with Crippen LogP contribution >= 0.6 is 0 Å². The van der Waals surface area contributed by atoms with Crippen LogP contribution in [-0.4, -0.2) is 78.4 Å². The molecule has 0 radical (unpaired) electrons. The molecule has 10 rings (SSSR count). The molecule has 1 heterocycles. The Morgan fingerprint density at radius 3 is 1.61 bits per heavy atom. The van der Waals surface area contributed by atoms with E-state index in [0.717, 1.165) is 51.4 Å². The van der Waals surface area contributed by atoms with Gasteiger partial charge in [-0.25, -0.2) is 19.2 Å². The summed E-state index contributed by atoms with van der Waals surface area (Å²) in [6.07, 6.45) is 3.09. The van der Waals surface area contributed by atoms with Crippen molar-refractivity contribution in [2.24, 2.45) is 50.2 Å². The molecule has 0 aromatic heterocycles. The highest BCUT2D eigenvalue weighted by Gasteiger charge is 2.70. The average Bonchev–Trinajstić information content (AvgIpc) is 3.57. The van der Waals surface area contributed by atoms with Gasteiger partial charge in [0.25, 0.3) is 0 Å². The second kappa shape index (κ2) is 20.4. The van der Waals surface area contributed by atoms with Crippen LogP contribution in [0.15, 0.2) is 133 Å². The summed E-state index contributed by atoms with van der Waals surface area (Å²) in [5.41, 5.74) is 0.802. The number of carbonyl (C=O) groups excluding carboxylic acids is 4. The van der Waals surface area contributed by atoms with Gasteiger partial charge in [-0.15, -0.1) is 0 Å². The molecule has 4 aromatic rings. The van der Waals surface area contributed by atoms with Crippen molar-refractivity contribution in [3.63, 3.8) is 0 Å². The maximum Gasteiger partial charge on any atom is 0.338 e. The van der Waals surface area contributed by atoms with Crippen LogP contribution in [0, 0.1) is 50.2 Å². The number of fused-ring (bicyclic) bond motifs is 7. The summed E-state index contributed by atoms with van der Waals surface area (Å²) in [6, 6.07) is 33.6. The Labute approximate surface area is 447 Å². The number of aliphatic carboxylic acids is 1. The first-order valence-electron chi connectivity index (χ1n) is 27.5. The Morgan fingerprint density at radius 1 is 0.566 bits per heavy atom. The molecule has 5 aliphatic carbocycles. The van der Waals surface area contributed by atoms with Gasteiger partial charge in [0.2, 0.25) is 0 Å². The largest absolute Gasteiger partial charge is 0.481 e. The third-order valence-electron chi connectivity index (χ3n) is 20.0. The molecule has 12 nitrogen and oxygen atoms in total. The molecule has 5 fully saturated rings. The Bertz CT molecular complexity index is 2830. The van der Waals surface area contributed by atoms with E-state index in [4.69, 9.17) is 28.4 Å². The molecule has 0 bridgehead atoms. The van der Waals surface area contributed by atoms with Crippen molar-refractivity contribution >= 4 is 29.8 Å². The number of rotatable bonds is 12. The third kappa shape index (κ3) is 9.39. The van der Waals surface area contributed by atoms with Crippen molar-refractivity contribution < 1.29 is 57.5 Å². The van der Waals surface area contributed by atoms with Crippen molar-refractivity contribution in [1.82, 2.24) is 0 Å². The number of allylic oxidation sites excluding steroid dienone is 2. The lowest BCUT2D eigenvalue weighted by atomic mass is 9.33. The van der Waals surface area contributed by atoms with E-state index in [-0.39, 0.29) is 55.7 Å². The van der Waals surface area contributed by atoms with Crippen LogP contribution in [0.2, 0.25) is 0 Å². The van der Waals surface area contributed by atoms with Crippen LogP contribution in [0.5, 0.6) is 0 Å². The first-order chi connectivity index (χ1) is 36.2. The number of carbonyl (C=O) groups is 5. The predicted octanol–water partition coefficient (Wildman–Crippen LogP) is 12.5. The zero-order valence-corrected chi connectivity index (χ0v) is 45.0. The van der Waals surface area contributed by atoms with Crippen LogP contribution in [-0.2, 0) is 33.2 Å². The standard InChI is InChI=1S/C64H74O12/c1-59(2)34-36-64(58(69)70)37-35-62(6)44(45(64)38-59)28-29-48-61(5)32-31-49(60(3,4)47(61)30-33-63(48,62)7)73-57-52(76-56(68)43-26-18-11-19-27-43)51(75-55(67)42-24-16-10-17-25-42)50(74-54(66)41-22-14-9-15-23-41)46(72-57)39-71-53(65)40-20-12-8-13-21-40/h8-28,45-52,57H,29-39H2,1-7H3,(H,69,70)/t45-,46+,47-,48+,49-,50+,51-,52+,57-,61-,62+,63+,64-/m0/s1. The Balaban J connectivity index is 1.00. The van der Waals surface area contributed by atoms with Crippen LogP contribution in [0.3, 0.4) is 0 Å². The minimum atomic E-state index is -1.53. The van der Waals surface area contributed by atoms with Crippen LogP contribution in [0.25, 0.3) is 0 Å². The Hall–Kier alpha value is -6.11. The van der Waals surface area contributed by atoms with E-state index in [9.17, 15) is 29.1 Å². The van der Waals surface area contributed by atoms with Gasteiger partial charge in [-0.2, -0.15) is 0 Å². The van der Waals surface area contributed by atoms with Crippen LogP contribution in [0.1, 0.15) is 154 Å². The normalized spacial score (nSPS) is 35.0. The predicted molar refractivity (Wildman–Crippen MR) is 284 cm³/mol. The van der Waals surface area contributed by atoms with E-state index in [1.165, 1.54) is 5.57 Å². The second-order valence-electron chi connectivity index (χ2n) is 24.9. The van der Waals surface area contributed by atoms with Crippen LogP contribution < -0.4 is 0 Å². The molecule has 0 amide bonds. The van der Waals surface area contributed by atoms with Gasteiger partial charge in [-0.1, -0.05) is 133 Å². The van der Waals surface area contributed by atoms with Crippen molar-refractivity contribution in [1.29, 1.82) is 0 Å². The molecule has 402 valence electrons. The van der Waals surface area contributed by atoms with E-state index in [0.29, 0.717) is 18.8 Å². The van der Waals surface area contributed by atoms with E-state index in [1.807, 2.05) is 0 Å². The molecule has 13 atom stereocenters. The first-order valence-corrected chi connectivity index (χ1v) is 27.5. The fourth-order valence-electron chi connectivity index (χ4n) is 15.6. The minimum absolute atomic E-state index is 0.0127. The fourth-order valence-corrected chi connectivity index (χ4v) is 15.6. The van der Waals surface area contributed by atoms with Gasteiger partial charge in [-0.05, 0) is 158 Å². The molecule has 4 saturated carbocycles. The highest BCUT2D eigenvalue weighted by Crippen LogP contribution is 2.76. The second-order valence-corrected chi connectivity index (χ2v) is 24.9. The molecule has 1 saturated heterocycles. The monoisotopic (exact) mass is 1030 g/mol. The van der Waals surface area contributed by atoms with E-state index < -0.39 is 84.1 Å². The van der Waals surface area contributed by atoms with Crippen molar-refractivity contribution in [3.05, 3.63) is 155 Å². The summed E-state index contributed by atoms with van der Waals surface area (Å²) >= 11 is 0. The summed E-state index contributed by atoms with van der Waals surface area (Å²) in [4.78, 5) is 69.9. The summed E-state index contributed by atoms with van der Waals surface area (Å²) in [6.45, 7) is 16.1. The molecule has 0 spiro atoms. The number of ether oxygens (including phenoxy) is 6. The van der Waals surface area contributed by atoms with Gasteiger partial charge in [-0.3, -0.25) is 4.79 Å². The highest BCUT2D eigenvalue weighted by atomic mass is 16.7. The molecule has 1 N–H and O–H groups in total. The Kier molecular flexibility index (Phi) is 14.3. The molecule has 0 unspecified atom stereocenters. The summed E-state index contributed by atoms with van der Waals surface area (Å²) in [5, 5.41) is 10.9. The topological polar surface area (TPSA) is 161 Å². The maximum absolute atomic E-state index is 14.4. The lowest BCUT2D eigenvalue weighted by molar-refractivity contribution is -0.327. The third-order valence-corrected chi connectivity index (χ3v) is 20.0. The van der Waals surface area contributed by atoms with Crippen LogP contribution in [0.4, 0.5) is 0 Å². The SMILES string of the molecule is CC1(C)CC[C@]2(C(=O)O)CC[C@]3(C)C(=CC[C@@H]4[C@@]5(C)CC[C@H](O[C@@H]6O[C@H](COC(=O)c7ccccc7)[C@@H](OC(=O)c7ccccc7)[C@H](OC(=O)c7ccccc7)[C@H]6OC(=O)c6ccccc6)C(C)(C)[C@@H]5CC[C@]43C)[C@@H]2C1. The number of hydrogen-bond acceptors (Lipinski definition) is 11. The first kappa shape index (κ1) is 53.3. The molecule has 6 aliphatic rings. The Morgan fingerprint density at radius 2 is 1.07 bits per heavy atom. The zero-order valence-electron chi connectivity index (χ0n) is 45.0. The smallest absolute Gasteiger partial charge is 0.338 e. The molecule has 12 heteroatoms. The van der Waals surface area contributed by atoms with Crippen molar-refractivity contribution in [3.8, 4) is 0 Å². The van der Waals surface area contributed by atoms with E-state index in [2.05, 4.69) is 54.5 Å². The number of esters is 4. The summed E-state index contributed by atoms with van der Waals surface area (Å²) in [5.74, 6) is -3.07. The molecule has 76 heavy (non-hydrogen) atoms. The van der Waals surface area contributed by atoms with Gasteiger partial charge in [0, 0.05) is 0 Å². The maximum atomic E-state index is 14.4. The fraction of sp³-hybridized carbons (Fsp3) is 0.516. The van der Waals surface area contributed by atoms with Gasteiger partial charge >= 0.3 is 29.8 Å². The average molecular weight is 1040 g/mol. The quantitative estimate of drug-likeness (QED) is 0.0620. The molecule has 4 aromatic carbocycles. The van der Waals surface area contributed by atoms with Gasteiger partial charge in [0.05, 0.1) is 33.8 Å². The summed E-state index contributed by atoms with van der Waals surface area (Å²) in [7, 11) is 0. The van der Waals surface area contributed by atoms with Gasteiger partial charge in [0.15, 0.2) is 24.6 Å². The number of hydrogen-bond donors (Lipinski definition) is 1. The van der Waals surface area contributed by atoms with Crippen molar-refractivity contribution in [2.45, 2.75) is 149 Å². The number of carboxylic acid groups (broad SMARTS) is 1. The van der Waals surface area contributed by atoms with E-state index in [1.54, 1.807) is 121 Å². The summed E-state index contributed by atoms with van der Waals surface area (Å²) < 4.78 is 39.3. The molecule has 1 aliphatic heterocycles. The zero-order chi connectivity index (χ0) is 53.8. The lowest BCUT2D eigenvalue weighted by Crippen LogP contribution is -2.66. The van der Waals surface area contributed by atoms with E-state index >= 15 is 0 Å². The van der Waals surface area contributed by atoms with Crippen molar-refractivity contribution in [2.75, 3.05) is 6.61 Å². The number of benzene rings is 4. The lowest BCUT2D eigenvalue weighted by Gasteiger charge is -2.71. The molecular weight excluding hydrogens is 961 g/mol. The number of carboxylic acids is 1. The minimum Gasteiger partial charge on any atom is -0.481 e. The van der Waals surface area contributed by atoms with Gasteiger partial charge < -0.3 is 33.5 Å². The molecular formula is C64H74O12.